The lowest BCUT2D eigenvalue weighted by molar-refractivity contribution is 1.14. The molecule has 0 saturated carbocycles. The second kappa shape index (κ2) is 6.66. The Kier molecular flexibility index (Phi) is 4.65. The molecule has 0 aliphatic carbocycles. The summed E-state index contributed by atoms with van der Waals surface area (Å²) in [7, 11) is 0. The van der Waals surface area contributed by atoms with Gasteiger partial charge in [-0.05, 0) is 36.6 Å². The molecule has 2 aromatic rings. The van der Waals surface area contributed by atoms with E-state index in [1.54, 1.807) is 24.0 Å². The first-order valence-electron chi connectivity index (χ1n) is 5.73. The van der Waals surface area contributed by atoms with Crippen molar-refractivity contribution in [2.75, 3.05) is 23.4 Å². The molecule has 2 rings (SSSR count). The lowest BCUT2D eigenvalue weighted by Gasteiger charge is -2.07. The van der Waals surface area contributed by atoms with Gasteiger partial charge in [-0.3, -0.25) is 0 Å². The van der Waals surface area contributed by atoms with E-state index >= 15 is 0 Å². The molecule has 0 aliphatic heterocycles. The van der Waals surface area contributed by atoms with Crippen molar-refractivity contribution in [1.82, 2.24) is 9.97 Å². The normalized spacial score (nSPS) is 9.68. The molecule has 4 nitrogen and oxygen atoms in total. The maximum Gasteiger partial charge on any atom is 0.229 e. The first-order chi connectivity index (χ1) is 9.31. The minimum Gasteiger partial charge on any atom is -0.359 e. The van der Waals surface area contributed by atoms with Gasteiger partial charge in [-0.1, -0.05) is 5.92 Å². The summed E-state index contributed by atoms with van der Waals surface area (Å²) in [5, 5.41) is 6.16. The third-order valence-electron chi connectivity index (χ3n) is 2.37. The number of nitrogens with one attached hydrogen (secondary N) is 2. The van der Waals surface area contributed by atoms with Crippen molar-refractivity contribution in [3.63, 3.8) is 0 Å². The number of terminal acetylenes is 1. The van der Waals surface area contributed by atoms with E-state index in [9.17, 15) is 0 Å². The van der Waals surface area contributed by atoms with Gasteiger partial charge in [0.2, 0.25) is 5.95 Å². The van der Waals surface area contributed by atoms with Crippen LogP contribution < -0.4 is 10.6 Å². The molecule has 1 aromatic heterocycles. The summed E-state index contributed by atoms with van der Waals surface area (Å²) >= 11 is 1.71. The van der Waals surface area contributed by atoms with E-state index in [0.717, 1.165) is 5.69 Å². The van der Waals surface area contributed by atoms with Gasteiger partial charge in [0.1, 0.15) is 5.82 Å². The molecule has 96 valence electrons. The Balaban J connectivity index is 2.07. The van der Waals surface area contributed by atoms with Crippen LogP contribution in [0.2, 0.25) is 0 Å². The molecule has 0 unspecified atom stereocenters. The van der Waals surface area contributed by atoms with E-state index in [4.69, 9.17) is 6.42 Å². The molecule has 1 aromatic carbocycles. The monoisotopic (exact) mass is 270 g/mol. The zero-order valence-corrected chi connectivity index (χ0v) is 11.4. The third kappa shape index (κ3) is 3.90. The molecule has 0 atom stereocenters. The quantitative estimate of drug-likeness (QED) is 0.646. The molecule has 0 radical (unpaired) electrons. The summed E-state index contributed by atoms with van der Waals surface area (Å²) in [5.74, 6) is 3.75. The minimum atomic E-state index is 0.443. The summed E-state index contributed by atoms with van der Waals surface area (Å²) < 4.78 is 0. The van der Waals surface area contributed by atoms with Crippen LogP contribution in [0.5, 0.6) is 0 Å². The zero-order valence-electron chi connectivity index (χ0n) is 10.6. The van der Waals surface area contributed by atoms with Gasteiger partial charge in [0.25, 0.3) is 0 Å². The Bertz CT molecular complexity index is 575. The van der Waals surface area contributed by atoms with Crippen molar-refractivity contribution in [3.05, 3.63) is 36.5 Å². The van der Waals surface area contributed by atoms with Crippen molar-refractivity contribution in [2.45, 2.75) is 4.90 Å². The van der Waals surface area contributed by atoms with Gasteiger partial charge in [-0.25, -0.2) is 4.98 Å². The molecule has 0 aliphatic rings. The van der Waals surface area contributed by atoms with Gasteiger partial charge in [0.05, 0.1) is 6.54 Å². The number of anilines is 3. The van der Waals surface area contributed by atoms with Crippen LogP contribution in [0.1, 0.15) is 0 Å². The molecule has 0 saturated heterocycles. The SMILES string of the molecule is C#CCNc1ccnc(Nc2ccc(SC)cc2)n1. The molecular formula is C14H14N4S. The number of hydrogen-bond acceptors (Lipinski definition) is 5. The Morgan fingerprint density at radius 1 is 1.26 bits per heavy atom. The van der Waals surface area contributed by atoms with Crippen LogP contribution in [0.15, 0.2) is 41.4 Å². The van der Waals surface area contributed by atoms with Gasteiger partial charge in [-0.15, -0.1) is 18.2 Å². The van der Waals surface area contributed by atoms with Crippen LogP contribution in [0.25, 0.3) is 0 Å². The smallest absolute Gasteiger partial charge is 0.229 e. The van der Waals surface area contributed by atoms with Gasteiger partial charge in [0, 0.05) is 16.8 Å². The molecule has 19 heavy (non-hydrogen) atoms. The average Bonchev–Trinajstić information content (AvgIpc) is 2.46. The Hall–Kier alpha value is -2.19. The van der Waals surface area contributed by atoms with Crippen LogP contribution in [-0.4, -0.2) is 22.8 Å². The average molecular weight is 270 g/mol. The maximum atomic E-state index is 5.19. The molecule has 1 heterocycles. The summed E-state index contributed by atoms with van der Waals surface area (Å²) in [6.45, 7) is 0.443. The number of aromatic nitrogens is 2. The second-order valence-corrected chi connectivity index (χ2v) is 4.56. The highest BCUT2D eigenvalue weighted by atomic mass is 32.2. The number of thioether (sulfide) groups is 1. The molecule has 0 spiro atoms. The maximum absolute atomic E-state index is 5.19. The number of nitrogens with zero attached hydrogens (tertiary/aromatic N) is 2. The van der Waals surface area contributed by atoms with Gasteiger partial charge in [-0.2, -0.15) is 4.98 Å². The molecule has 5 heteroatoms. The summed E-state index contributed by atoms with van der Waals surface area (Å²) in [4.78, 5) is 9.70. The molecule has 2 N–H and O–H groups in total. The summed E-state index contributed by atoms with van der Waals surface area (Å²) in [6, 6.07) is 9.87. The van der Waals surface area contributed by atoms with Crippen molar-refractivity contribution in [2.24, 2.45) is 0 Å². The van der Waals surface area contributed by atoms with E-state index in [-0.39, 0.29) is 0 Å². The van der Waals surface area contributed by atoms with Crippen LogP contribution in [0.4, 0.5) is 17.5 Å². The summed E-state index contributed by atoms with van der Waals surface area (Å²) in [6.07, 6.45) is 8.92. The fourth-order valence-corrected chi connectivity index (χ4v) is 1.87. The number of hydrogen-bond donors (Lipinski definition) is 2. The largest absolute Gasteiger partial charge is 0.359 e. The molecule has 0 fully saturated rings. The first-order valence-corrected chi connectivity index (χ1v) is 6.96. The van der Waals surface area contributed by atoms with E-state index in [1.165, 1.54) is 4.90 Å². The van der Waals surface area contributed by atoms with Crippen LogP contribution >= 0.6 is 11.8 Å². The Morgan fingerprint density at radius 3 is 2.74 bits per heavy atom. The van der Waals surface area contributed by atoms with Crippen molar-refractivity contribution >= 4 is 29.2 Å². The Morgan fingerprint density at radius 2 is 2.05 bits per heavy atom. The van der Waals surface area contributed by atoms with E-state index in [2.05, 4.69) is 26.5 Å². The number of rotatable bonds is 5. The molecular weight excluding hydrogens is 256 g/mol. The second-order valence-electron chi connectivity index (χ2n) is 3.68. The highest BCUT2D eigenvalue weighted by Gasteiger charge is 1.99. The fourth-order valence-electron chi connectivity index (χ4n) is 1.46. The van der Waals surface area contributed by atoms with E-state index in [0.29, 0.717) is 18.3 Å². The van der Waals surface area contributed by atoms with Gasteiger partial charge in [0.15, 0.2) is 0 Å². The third-order valence-corrected chi connectivity index (χ3v) is 3.12. The van der Waals surface area contributed by atoms with Gasteiger partial charge >= 0.3 is 0 Å². The van der Waals surface area contributed by atoms with E-state index < -0.39 is 0 Å². The van der Waals surface area contributed by atoms with Crippen molar-refractivity contribution < 1.29 is 0 Å². The van der Waals surface area contributed by atoms with E-state index in [1.807, 2.05) is 30.5 Å². The predicted molar refractivity (Wildman–Crippen MR) is 80.9 cm³/mol. The van der Waals surface area contributed by atoms with Crippen molar-refractivity contribution in [3.8, 4) is 12.3 Å². The first kappa shape index (κ1) is 13.2. The number of benzene rings is 1. The van der Waals surface area contributed by atoms with Crippen LogP contribution in [0.3, 0.4) is 0 Å². The molecule has 0 bridgehead atoms. The van der Waals surface area contributed by atoms with Crippen LogP contribution in [0, 0.1) is 12.3 Å². The predicted octanol–water partition coefficient (Wildman–Crippen LogP) is 2.99. The van der Waals surface area contributed by atoms with Crippen molar-refractivity contribution in [1.29, 1.82) is 0 Å². The lowest BCUT2D eigenvalue weighted by Crippen LogP contribution is -2.03. The summed E-state index contributed by atoms with van der Waals surface area (Å²) in [5.41, 5.74) is 0.951. The standard InChI is InChI=1S/C14H14N4S/c1-3-9-15-13-8-10-16-14(18-13)17-11-4-6-12(19-2)7-5-11/h1,4-8,10H,9H2,2H3,(H2,15,16,17,18). The zero-order chi connectivity index (χ0) is 13.5. The highest BCUT2D eigenvalue weighted by molar-refractivity contribution is 7.98. The van der Waals surface area contributed by atoms with Gasteiger partial charge < -0.3 is 10.6 Å². The lowest BCUT2D eigenvalue weighted by atomic mass is 10.3. The molecule has 0 amide bonds. The fraction of sp³-hybridized carbons (Fsp3) is 0.143. The minimum absolute atomic E-state index is 0.443. The topological polar surface area (TPSA) is 49.8 Å². The highest BCUT2D eigenvalue weighted by Crippen LogP contribution is 2.19. The van der Waals surface area contributed by atoms with Crippen LogP contribution in [-0.2, 0) is 0 Å². The Labute approximate surface area is 117 Å².